The van der Waals surface area contributed by atoms with Crippen molar-refractivity contribution in [3.05, 3.63) is 72.1 Å². The van der Waals surface area contributed by atoms with E-state index in [0.29, 0.717) is 0 Å². The van der Waals surface area contributed by atoms with Gasteiger partial charge in [-0.15, -0.1) is 0 Å². The lowest BCUT2D eigenvalue weighted by atomic mass is 10.1. The van der Waals surface area contributed by atoms with Crippen LogP contribution in [0.2, 0.25) is 0 Å². The summed E-state index contributed by atoms with van der Waals surface area (Å²) in [6.07, 6.45) is 5.43. The minimum atomic E-state index is 0.967. The third-order valence-corrected chi connectivity index (χ3v) is 3.66. The molecule has 3 aromatic heterocycles. The summed E-state index contributed by atoms with van der Waals surface area (Å²) in [5, 5.41) is 0. The summed E-state index contributed by atoms with van der Waals surface area (Å²) in [4.78, 5) is 15.5. The maximum atomic E-state index is 4.43. The van der Waals surface area contributed by atoms with E-state index in [1.54, 1.807) is 0 Å². The minimum Gasteiger partial charge on any atom is -0.305 e. The predicted octanol–water partition coefficient (Wildman–Crippen LogP) is 4.27. The molecule has 0 bridgehead atoms. The van der Waals surface area contributed by atoms with E-state index in [2.05, 4.69) is 38.1 Å². The second-order valence-corrected chi connectivity index (χ2v) is 5.16. The van der Waals surface area contributed by atoms with Crippen molar-refractivity contribution in [2.24, 2.45) is 0 Å². The van der Waals surface area contributed by atoms with Crippen molar-refractivity contribution in [1.29, 1.82) is 0 Å². The maximum absolute atomic E-state index is 4.43. The van der Waals surface area contributed by atoms with Crippen LogP contribution in [0.3, 0.4) is 0 Å². The summed E-state index contributed by atoms with van der Waals surface area (Å²) in [6, 6.07) is 12.1. The number of hydrogen-bond acceptors (Lipinski definition) is 4. The quantitative estimate of drug-likeness (QED) is 0.722. The molecule has 4 nitrogen and oxygen atoms in total. The van der Waals surface area contributed by atoms with Crippen LogP contribution in [0.4, 0.5) is 17.1 Å². The first-order valence-corrected chi connectivity index (χ1v) is 7.23. The van der Waals surface area contributed by atoms with Gasteiger partial charge >= 0.3 is 0 Å². The Hall–Kier alpha value is -2.75. The number of pyridine rings is 3. The van der Waals surface area contributed by atoms with Gasteiger partial charge < -0.3 is 4.90 Å². The van der Waals surface area contributed by atoms with Crippen LogP contribution in [-0.4, -0.2) is 15.0 Å². The molecule has 0 atom stereocenters. The fraction of sp³-hybridized carbons (Fsp3) is 0.167. The Bertz CT molecular complexity index is 690. The molecular formula is C18H18N4. The van der Waals surface area contributed by atoms with Crippen molar-refractivity contribution in [1.82, 2.24) is 15.0 Å². The number of hydrogen-bond donors (Lipinski definition) is 0. The number of nitrogens with zero attached hydrogens (tertiary/aromatic N) is 4. The summed E-state index contributed by atoms with van der Waals surface area (Å²) in [5.74, 6) is 0. The largest absolute Gasteiger partial charge is 0.305 e. The fourth-order valence-electron chi connectivity index (χ4n) is 2.53. The van der Waals surface area contributed by atoms with Crippen molar-refractivity contribution in [3.63, 3.8) is 0 Å². The van der Waals surface area contributed by atoms with Gasteiger partial charge in [-0.05, 0) is 57.2 Å². The summed E-state index contributed by atoms with van der Waals surface area (Å²) in [7, 11) is 0. The molecule has 3 aromatic rings. The van der Waals surface area contributed by atoms with Gasteiger partial charge in [-0.1, -0.05) is 0 Å². The molecule has 0 amide bonds. The van der Waals surface area contributed by atoms with Crippen LogP contribution in [0.1, 0.15) is 17.1 Å². The van der Waals surface area contributed by atoms with Crippen LogP contribution in [0.15, 0.2) is 55.0 Å². The number of aryl methyl sites for hydroxylation is 3. The number of anilines is 3. The molecule has 4 heteroatoms. The molecule has 110 valence electrons. The van der Waals surface area contributed by atoms with Crippen molar-refractivity contribution >= 4 is 17.1 Å². The van der Waals surface area contributed by atoms with Crippen molar-refractivity contribution in [2.75, 3.05) is 4.90 Å². The molecule has 22 heavy (non-hydrogen) atoms. The molecule has 0 saturated carbocycles. The fourth-order valence-corrected chi connectivity index (χ4v) is 2.53. The monoisotopic (exact) mass is 290 g/mol. The van der Waals surface area contributed by atoms with E-state index in [9.17, 15) is 0 Å². The van der Waals surface area contributed by atoms with Crippen LogP contribution >= 0.6 is 0 Å². The zero-order valence-electron chi connectivity index (χ0n) is 13.0. The molecule has 0 aliphatic rings. The molecule has 0 radical (unpaired) electrons. The summed E-state index contributed by atoms with van der Waals surface area (Å²) >= 11 is 0. The molecule has 0 N–H and O–H groups in total. The van der Waals surface area contributed by atoms with Crippen LogP contribution < -0.4 is 4.90 Å². The van der Waals surface area contributed by atoms with E-state index in [0.717, 1.165) is 34.1 Å². The van der Waals surface area contributed by atoms with Gasteiger partial charge in [0.2, 0.25) is 0 Å². The van der Waals surface area contributed by atoms with Crippen molar-refractivity contribution < 1.29 is 0 Å². The lowest BCUT2D eigenvalue weighted by Gasteiger charge is -2.28. The van der Waals surface area contributed by atoms with Crippen LogP contribution in [0.25, 0.3) is 0 Å². The molecule has 0 aliphatic heterocycles. The zero-order valence-corrected chi connectivity index (χ0v) is 13.0. The lowest BCUT2D eigenvalue weighted by Crippen LogP contribution is -2.15. The highest BCUT2D eigenvalue weighted by Gasteiger charge is 2.18. The van der Waals surface area contributed by atoms with Gasteiger partial charge in [-0.25, -0.2) is 0 Å². The standard InChI is InChI=1S/C18H18N4/c1-13-16(7-4-10-19-13)22(17-8-5-11-20-14(17)2)18-9-6-12-21-15(18)3/h4-12H,1-3H3. The average Bonchev–Trinajstić information content (AvgIpc) is 2.53. The van der Waals surface area contributed by atoms with Crippen LogP contribution in [-0.2, 0) is 0 Å². The normalized spacial score (nSPS) is 10.5. The average molecular weight is 290 g/mol. The number of rotatable bonds is 3. The van der Waals surface area contributed by atoms with Gasteiger partial charge in [-0.2, -0.15) is 0 Å². The first-order valence-electron chi connectivity index (χ1n) is 7.23. The Morgan fingerprint density at radius 1 is 0.591 bits per heavy atom. The summed E-state index contributed by atoms with van der Waals surface area (Å²) in [6.45, 7) is 6.04. The van der Waals surface area contributed by atoms with Crippen molar-refractivity contribution in [2.45, 2.75) is 20.8 Å². The first-order chi connectivity index (χ1) is 10.7. The van der Waals surface area contributed by atoms with Crippen LogP contribution in [0.5, 0.6) is 0 Å². The molecule has 0 unspecified atom stereocenters. The Morgan fingerprint density at radius 3 is 1.18 bits per heavy atom. The van der Waals surface area contributed by atoms with E-state index < -0.39 is 0 Å². The predicted molar refractivity (Wildman–Crippen MR) is 88.7 cm³/mol. The van der Waals surface area contributed by atoms with Gasteiger partial charge in [-0.3, -0.25) is 15.0 Å². The van der Waals surface area contributed by atoms with E-state index in [-0.39, 0.29) is 0 Å². The maximum Gasteiger partial charge on any atom is 0.0675 e. The van der Waals surface area contributed by atoms with E-state index >= 15 is 0 Å². The molecular weight excluding hydrogens is 272 g/mol. The second kappa shape index (κ2) is 5.93. The molecule has 0 saturated heterocycles. The minimum absolute atomic E-state index is 0.967. The van der Waals surface area contributed by atoms with E-state index in [1.807, 2.05) is 57.6 Å². The first kappa shape index (κ1) is 14.2. The molecule has 3 heterocycles. The Balaban J connectivity index is 2.27. The Morgan fingerprint density at radius 2 is 0.909 bits per heavy atom. The lowest BCUT2D eigenvalue weighted by molar-refractivity contribution is 1.09. The molecule has 3 rings (SSSR count). The van der Waals surface area contributed by atoms with Gasteiger partial charge in [0.15, 0.2) is 0 Å². The third-order valence-electron chi connectivity index (χ3n) is 3.66. The van der Waals surface area contributed by atoms with E-state index in [4.69, 9.17) is 0 Å². The highest BCUT2D eigenvalue weighted by Crippen LogP contribution is 2.37. The van der Waals surface area contributed by atoms with E-state index in [1.165, 1.54) is 0 Å². The highest BCUT2D eigenvalue weighted by molar-refractivity contribution is 5.79. The zero-order chi connectivity index (χ0) is 15.5. The summed E-state index contributed by atoms with van der Waals surface area (Å²) < 4.78 is 0. The highest BCUT2D eigenvalue weighted by atomic mass is 15.2. The Labute approximate surface area is 130 Å². The molecule has 0 aromatic carbocycles. The van der Waals surface area contributed by atoms with Crippen LogP contribution in [0, 0.1) is 20.8 Å². The third kappa shape index (κ3) is 2.55. The molecule has 0 spiro atoms. The number of aromatic nitrogens is 3. The molecule has 0 fully saturated rings. The SMILES string of the molecule is Cc1ncccc1N(c1cccnc1C)c1cccnc1C. The topological polar surface area (TPSA) is 41.9 Å². The van der Waals surface area contributed by atoms with Gasteiger partial charge in [0.1, 0.15) is 0 Å². The Kier molecular flexibility index (Phi) is 3.83. The van der Waals surface area contributed by atoms with Gasteiger partial charge in [0, 0.05) is 18.6 Å². The van der Waals surface area contributed by atoms with Crippen molar-refractivity contribution in [3.8, 4) is 0 Å². The van der Waals surface area contributed by atoms with Gasteiger partial charge in [0.25, 0.3) is 0 Å². The van der Waals surface area contributed by atoms with Gasteiger partial charge in [0.05, 0.1) is 34.1 Å². The second-order valence-electron chi connectivity index (χ2n) is 5.16. The molecule has 0 aliphatic carbocycles. The summed E-state index contributed by atoms with van der Waals surface area (Å²) in [5.41, 5.74) is 6.01. The smallest absolute Gasteiger partial charge is 0.0675 e.